The number of carbonyl (C=O) groups excluding carboxylic acids is 1. The summed E-state index contributed by atoms with van der Waals surface area (Å²) >= 11 is 0. The first-order valence-corrected chi connectivity index (χ1v) is 6.30. The molecule has 17 heavy (non-hydrogen) atoms. The normalized spacial score (nSPS) is 10.9. The molecule has 90 valence electrons. The number of para-hydroxylation sites is 1. The lowest BCUT2D eigenvalue weighted by Gasteiger charge is -2.07. The van der Waals surface area contributed by atoms with Crippen molar-refractivity contribution >= 4 is 17.2 Å². The highest BCUT2D eigenvalue weighted by Crippen LogP contribution is 2.26. The third kappa shape index (κ3) is 2.12. The van der Waals surface area contributed by atoms with Gasteiger partial charge in [-0.05, 0) is 25.0 Å². The van der Waals surface area contributed by atoms with Gasteiger partial charge in [0.05, 0.1) is 0 Å². The fourth-order valence-corrected chi connectivity index (χ4v) is 2.45. The van der Waals surface area contributed by atoms with Gasteiger partial charge in [0.15, 0.2) is 0 Å². The van der Waals surface area contributed by atoms with Crippen molar-refractivity contribution < 1.29 is 4.79 Å². The van der Waals surface area contributed by atoms with Gasteiger partial charge in [0, 0.05) is 29.6 Å². The van der Waals surface area contributed by atoms with Crippen molar-refractivity contribution in [2.45, 2.75) is 39.7 Å². The predicted octanol–water partition coefficient (Wildman–Crippen LogP) is 3.49. The Bertz CT molecular complexity index is 525. The van der Waals surface area contributed by atoms with Crippen molar-refractivity contribution in [1.29, 1.82) is 0 Å². The summed E-state index contributed by atoms with van der Waals surface area (Å²) in [4.78, 5) is 10.8. The zero-order valence-electron chi connectivity index (χ0n) is 10.6. The van der Waals surface area contributed by atoms with Gasteiger partial charge in [-0.1, -0.05) is 31.5 Å². The molecule has 2 heteroatoms. The molecule has 0 unspecified atom stereocenters. The maximum absolute atomic E-state index is 10.8. The van der Waals surface area contributed by atoms with Gasteiger partial charge in [-0.2, -0.15) is 0 Å². The smallest absolute Gasteiger partial charge is 0.124 e. The van der Waals surface area contributed by atoms with Gasteiger partial charge in [-0.15, -0.1) is 0 Å². The molecule has 0 fully saturated rings. The second-order valence-corrected chi connectivity index (χ2v) is 4.46. The van der Waals surface area contributed by atoms with E-state index in [2.05, 4.69) is 36.6 Å². The van der Waals surface area contributed by atoms with Crippen LogP contribution in [0.5, 0.6) is 0 Å². The number of benzene rings is 1. The quantitative estimate of drug-likeness (QED) is 0.719. The first-order valence-electron chi connectivity index (χ1n) is 6.30. The summed E-state index contributed by atoms with van der Waals surface area (Å²) < 4.78 is 2.34. The van der Waals surface area contributed by atoms with E-state index in [1.54, 1.807) is 0 Å². The molecule has 0 atom stereocenters. The fraction of sp³-hybridized carbons (Fsp3) is 0.400. The highest BCUT2D eigenvalue weighted by Gasteiger charge is 2.12. The molecule has 0 aliphatic rings. The van der Waals surface area contributed by atoms with Gasteiger partial charge in [0.1, 0.15) is 6.29 Å². The summed E-state index contributed by atoms with van der Waals surface area (Å²) in [6, 6.07) is 8.37. The monoisotopic (exact) mass is 229 g/mol. The van der Waals surface area contributed by atoms with E-state index in [0.717, 1.165) is 12.8 Å². The van der Waals surface area contributed by atoms with Crippen molar-refractivity contribution in [2.24, 2.45) is 0 Å². The van der Waals surface area contributed by atoms with Gasteiger partial charge in [-0.3, -0.25) is 0 Å². The number of fused-ring (bicyclic) bond motifs is 1. The Morgan fingerprint density at radius 2 is 2.06 bits per heavy atom. The Hall–Kier alpha value is -1.57. The molecule has 2 nitrogen and oxygen atoms in total. The van der Waals surface area contributed by atoms with Gasteiger partial charge < -0.3 is 9.36 Å². The van der Waals surface area contributed by atoms with Crippen LogP contribution in [-0.4, -0.2) is 10.9 Å². The summed E-state index contributed by atoms with van der Waals surface area (Å²) in [5, 5.41) is 1.23. The first-order chi connectivity index (χ1) is 8.29. The van der Waals surface area contributed by atoms with Crippen LogP contribution < -0.4 is 0 Å². The van der Waals surface area contributed by atoms with Gasteiger partial charge >= 0.3 is 0 Å². The molecule has 2 rings (SSSR count). The average molecular weight is 229 g/mol. The maximum atomic E-state index is 10.8. The molecule has 0 saturated carbocycles. The molecule has 0 spiro atoms. The molecule has 0 saturated heterocycles. The largest absolute Gasteiger partial charge is 0.345 e. The summed E-state index contributed by atoms with van der Waals surface area (Å²) in [6.45, 7) is 5.36. The number of nitrogens with zero attached hydrogens (tertiary/aromatic N) is 1. The van der Waals surface area contributed by atoms with E-state index in [-0.39, 0.29) is 0 Å². The Kier molecular flexibility index (Phi) is 3.62. The fourth-order valence-electron chi connectivity index (χ4n) is 2.45. The molecule has 0 radical (unpaired) electrons. The molecule has 0 aliphatic carbocycles. The van der Waals surface area contributed by atoms with Crippen molar-refractivity contribution in [3.63, 3.8) is 0 Å². The summed E-state index contributed by atoms with van der Waals surface area (Å²) in [7, 11) is 0. The summed E-state index contributed by atoms with van der Waals surface area (Å²) in [6.07, 6.45) is 3.89. The van der Waals surface area contributed by atoms with Crippen LogP contribution in [0.3, 0.4) is 0 Å². The van der Waals surface area contributed by atoms with Gasteiger partial charge in [0.25, 0.3) is 0 Å². The molecule has 2 aromatic rings. The van der Waals surface area contributed by atoms with Crippen LogP contribution in [0.4, 0.5) is 0 Å². The number of carbonyl (C=O) groups is 1. The van der Waals surface area contributed by atoms with E-state index < -0.39 is 0 Å². The van der Waals surface area contributed by atoms with E-state index in [9.17, 15) is 4.79 Å². The zero-order valence-corrected chi connectivity index (χ0v) is 10.6. The number of hydrogen-bond acceptors (Lipinski definition) is 1. The minimum Gasteiger partial charge on any atom is -0.345 e. The lowest BCUT2D eigenvalue weighted by atomic mass is 10.1. The van der Waals surface area contributed by atoms with E-state index >= 15 is 0 Å². The second kappa shape index (κ2) is 5.17. The Morgan fingerprint density at radius 3 is 2.76 bits per heavy atom. The third-order valence-corrected chi connectivity index (χ3v) is 3.38. The first kappa shape index (κ1) is 11.9. The number of aldehydes is 1. The minimum atomic E-state index is 0.519. The van der Waals surface area contributed by atoms with Crippen molar-refractivity contribution in [2.75, 3.05) is 0 Å². The predicted molar refractivity (Wildman–Crippen MR) is 71.4 cm³/mol. The SMILES string of the molecule is CCCCn1c(C)c(CC=O)c2ccccc21. The molecule has 0 bridgehead atoms. The lowest BCUT2D eigenvalue weighted by molar-refractivity contribution is -0.107. The lowest BCUT2D eigenvalue weighted by Crippen LogP contribution is -2.00. The number of rotatable bonds is 5. The molecule has 0 aliphatic heterocycles. The van der Waals surface area contributed by atoms with Crippen molar-refractivity contribution in [1.82, 2.24) is 4.57 Å². The Morgan fingerprint density at radius 1 is 1.29 bits per heavy atom. The molecule has 0 N–H and O–H groups in total. The number of unbranched alkanes of at least 4 members (excludes halogenated alkanes) is 1. The van der Waals surface area contributed by atoms with E-state index in [1.807, 2.05) is 6.07 Å². The highest BCUT2D eigenvalue weighted by molar-refractivity contribution is 5.87. The molecule has 1 heterocycles. The molecule has 0 amide bonds. The zero-order chi connectivity index (χ0) is 12.3. The Balaban J connectivity index is 2.57. The highest BCUT2D eigenvalue weighted by atomic mass is 16.1. The summed E-state index contributed by atoms with van der Waals surface area (Å²) in [5.74, 6) is 0. The van der Waals surface area contributed by atoms with Crippen LogP contribution in [0.15, 0.2) is 24.3 Å². The maximum Gasteiger partial charge on any atom is 0.124 e. The minimum absolute atomic E-state index is 0.519. The van der Waals surface area contributed by atoms with Crippen LogP contribution in [-0.2, 0) is 17.8 Å². The standard InChI is InChI=1S/C15H19NO/c1-3-4-10-16-12(2)13(9-11-17)14-7-5-6-8-15(14)16/h5-8,11H,3-4,9-10H2,1-2H3. The van der Waals surface area contributed by atoms with E-state index in [4.69, 9.17) is 0 Å². The topological polar surface area (TPSA) is 22.0 Å². The molecular weight excluding hydrogens is 210 g/mol. The van der Waals surface area contributed by atoms with Crippen LogP contribution in [0.25, 0.3) is 10.9 Å². The van der Waals surface area contributed by atoms with E-state index in [0.29, 0.717) is 6.42 Å². The molecular formula is C15H19NO. The van der Waals surface area contributed by atoms with Crippen LogP contribution in [0.2, 0.25) is 0 Å². The van der Waals surface area contributed by atoms with Crippen LogP contribution in [0, 0.1) is 6.92 Å². The number of aromatic nitrogens is 1. The molecule has 1 aromatic heterocycles. The second-order valence-electron chi connectivity index (χ2n) is 4.46. The van der Waals surface area contributed by atoms with E-state index in [1.165, 1.54) is 35.0 Å². The third-order valence-electron chi connectivity index (χ3n) is 3.38. The van der Waals surface area contributed by atoms with Crippen LogP contribution in [0.1, 0.15) is 31.0 Å². The Labute approximate surface area is 102 Å². The van der Waals surface area contributed by atoms with Crippen molar-refractivity contribution in [3.05, 3.63) is 35.5 Å². The average Bonchev–Trinajstić information content (AvgIpc) is 2.61. The summed E-state index contributed by atoms with van der Waals surface area (Å²) in [5.41, 5.74) is 3.69. The van der Waals surface area contributed by atoms with Gasteiger partial charge in [-0.25, -0.2) is 0 Å². The van der Waals surface area contributed by atoms with Gasteiger partial charge in [0.2, 0.25) is 0 Å². The van der Waals surface area contributed by atoms with Crippen LogP contribution >= 0.6 is 0 Å². The number of hydrogen-bond donors (Lipinski definition) is 0. The van der Waals surface area contributed by atoms with Crippen molar-refractivity contribution in [3.8, 4) is 0 Å². The number of aryl methyl sites for hydroxylation is 1. The molecule has 1 aromatic carbocycles.